The van der Waals surface area contributed by atoms with E-state index in [9.17, 15) is 4.79 Å². The fraction of sp³-hybridized carbons (Fsp3) is 0.333. The second-order valence-corrected chi connectivity index (χ2v) is 5.93. The third kappa shape index (κ3) is 2.39. The monoisotopic (exact) mass is 272 g/mol. The van der Waals surface area contributed by atoms with E-state index in [1.165, 1.54) is 0 Å². The lowest BCUT2D eigenvalue weighted by Crippen LogP contribution is -2.25. The molecule has 0 atom stereocenters. The predicted octanol–water partition coefficient (Wildman–Crippen LogP) is 2.29. The molecule has 20 heavy (non-hydrogen) atoms. The lowest BCUT2D eigenvalue weighted by molar-refractivity contribution is 0.100. The summed E-state index contributed by atoms with van der Waals surface area (Å²) in [6, 6.07) is 7.76. The summed E-state index contributed by atoms with van der Waals surface area (Å²) in [5, 5.41) is 4.50. The first-order chi connectivity index (χ1) is 9.21. The number of amides is 1. The molecule has 0 aliphatic carbocycles. The molecule has 0 aliphatic rings. The average Bonchev–Trinajstić information content (AvgIpc) is 2.66. The molecule has 0 saturated carbocycles. The van der Waals surface area contributed by atoms with E-state index in [-0.39, 0.29) is 11.1 Å². The number of nitrogen functional groups attached to an aromatic ring is 1. The maximum atomic E-state index is 11.7. The summed E-state index contributed by atoms with van der Waals surface area (Å²) >= 11 is 0. The van der Waals surface area contributed by atoms with Gasteiger partial charge >= 0.3 is 0 Å². The Labute approximate surface area is 118 Å². The summed E-state index contributed by atoms with van der Waals surface area (Å²) in [4.78, 5) is 11.7. The topological polar surface area (TPSA) is 86.9 Å². The number of aryl methyl sites for hydroxylation is 1. The normalized spacial score (nSPS) is 11.6. The SMILES string of the molecule is Cc1cccc(-c2nn(C(C)(C)C)c(N)c2C(N)=O)c1. The summed E-state index contributed by atoms with van der Waals surface area (Å²) in [5.41, 5.74) is 14.0. The van der Waals surface area contributed by atoms with E-state index in [4.69, 9.17) is 11.5 Å². The van der Waals surface area contributed by atoms with Crippen molar-refractivity contribution in [1.29, 1.82) is 0 Å². The fourth-order valence-corrected chi connectivity index (χ4v) is 2.18. The Balaban J connectivity index is 2.73. The Bertz CT molecular complexity index is 665. The number of hydrogen-bond acceptors (Lipinski definition) is 3. The maximum Gasteiger partial charge on any atom is 0.254 e. The number of aromatic nitrogens is 2. The van der Waals surface area contributed by atoms with E-state index < -0.39 is 5.91 Å². The molecular weight excluding hydrogens is 252 g/mol. The van der Waals surface area contributed by atoms with E-state index in [0.29, 0.717) is 11.5 Å². The highest BCUT2D eigenvalue weighted by molar-refractivity contribution is 6.03. The molecule has 0 fully saturated rings. The second-order valence-electron chi connectivity index (χ2n) is 5.93. The molecule has 2 rings (SSSR count). The zero-order valence-electron chi connectivity index (χ0n) is 12.3. The van der Waals surface area contributed by atoms with Crippen LogP contribution in [-0.2, 0) is 5.54 Å². The number of benzene rings is 1. The first-order valence-electron chi connectivity index (χ1n) is 6.47. The Morgan fingerprint density at radius 2 is 1.95 bits per heavy atom. The smallest absolute Gasteiger partial charge is 0.254 e. The largest absolute Gasteiger partial charge is 0.383 e. The van der Waals surface area contributed by atoms with Crippen molar-refractivity contribution in [2.75, 3.05) is 5.73 Å². The summed E-state index contributed by atoms with van der Waals surface area (Å²) in [6.07, 6.45) is 0. The molecule has 0 bridgehead atoms. The second kappa shape index (κ2) is 4.67. The Kier molecular flexibility index (Phi) is 3.29. The Hall–Kier alpha value is -2.30. The standard InChI is InChI=1S/C15H20N4O/c1-9-6-5-7-10(8-9)12-11(14(17)20)13(16)19(18-12)15(2,3)4/h5-8H,16H2,1-4H3,(H2,17,20). The average molecular weight is 272 g/mol. The minimum atomic E-state index is -0.561. The predicted molar refractivity (Wildman–Crippen MR) is 80.3 cm³/mol. The first kappa shape index (κ1) is 14.1. The first-order valence-corrected chi connectivity index (χ1v) is 6.47. The van der Waals surface area contributed by atoms with Gasteiger partial charge in [-0.3, -0.25) is 4.79 Å². The maximum absolute atomic E-state index is 11.7. The molecule has 2 aromatic rings. The van der Waals surface area contributed by atoms with E-state index in [1.807, 2.05) is 52.0 Å². The van der Waals surface area contributed by atoms with Crippen molar-refractivity contribution in [3.05, 3.63) is 35.4 Å². The number of rotatable bonds is 2. The van der Waals surface area contributed by atoms with Gasteiger partial charge in [0.2, 0.25) is 0 Å². The van der Waals surface area contributed by atoms with Crippen molar-refractivity contribution in [2.45, 2.75) is 33.2 Å². The molecule has 5 nitrogen and oxygen atoms in total. The van der Waals surface area contributed by atoms with Crippen LogP contribution in [0.25, 0.3) is 11.3 Å². The molecule has 0 aliphatic heterocycles. The van der Waals surface area contributed by atoms with Crippen LogP contribution in [0.1, 0.15) is 36.7 Å². The third-order valence-electron chi connectivity index (χ3n) is 3.09. The molecule has 5 heteroatoms. The van der Waals surface area contributed by atoms with Gasteiger partial charge in [-0.05, 0) is 33.8 Å². The fourth-order valence-electron chi connectivity index (χ4n) is 2.18. The van der Waals surface area contributed by atoms with Gasteiger partial charge in [0, 0.05) is 5.56 Å². The van der Waals surface area contributed by atoms with Crippen LogP contribution in [0.3, 0.4) is 0 Å². The third-order valence-corrected chi connectivity index (χ3v) is 3.09. The summed E-state index contributed by atoms with van der Waals surface area (Å²) in [7, 11) is 0. The van der Waals surface area contributed by atoms with Gasteiger partial charge in [0.05, 0.1) is 5.54 Å². The molecule has 0 saturated heterocycles. The highest BCUT2D eigenvalue weighted by Crippen LogP contribution is 2.30. The van der Waals surface area contributed by atoms with E-state index in [1.54, 1.807) is 4.68 Å². The number of carbonyl (C=O) groups is 1. The highest BCUT2D eigenvalue weighted by atomic mass is 16.1. The summed E-state index contributed by atoms with van der Waals surface area (Å²) in [5.74, 6) is -0.254. The van der Waals surface area contributed by atoms with Gasteiger partial charge in [0.25, 0.3) is 5.91 Å². The Morgan fingerprint density at radius 1 is 1.30 bits per heavy atom. The summed E-state index contributed by atoms with van der Waals surface area (Å²) < 4.78 is 1.64. The zero-order valence-corrected chi connectivity index (χ0v) is 12.3. The molecule has 1 heterocycles. The van der Waals surface area contributed by atoms with Gasteiger partial charge in [-0.15, -0.1) is 0 Å². The number of nitrogens with zero attached hydrogens (tertiary/aromatic N) is 2. The van der Waals surface area contributed by atoms with Crippen molar-refractivity contribution in [2.24, 2.45) is 5.73 Å². The van der Waals surface area contributed by atoms with Crippen molar-refractivity contribution >= 4 is 11.7 Å². The number of hydrogen-bond donors (Lipinski definition) is 2. The van der Waals surface area contributed by atoms with Crippen molar-refractivity contribution in [3.8, 4) is 11.3 Å². The zero-order chi connectivity index (χ0) is 15.1. The van der Waals surface area contributed by atoms with Gasteiger partial charge in [-0.2, -0.15) is 5.10 Å². The Morgan fingerprint density at radius 3 is 2.45 bits per heavy atom. The van der Waals surface area contributed by atoms with Crippen molar-refractivity contribution < 1.29 is 4.79 Å². The minimum absolute atomic E-state index is 0.283. The number of nitrogens with two attached hydrogens (primary N) is 2. The molecule has 1 aromatic carbocycles. The molecule has 4 N–H and O–H groups in total. The van der Waals surface area contributed by atoms with Crippen LogP contribution in [-0.4, -0.2) is 15.7 Å². The lowest BCUT2D eigenvalue weighted by atomic mass is 10.0. The van der Waals surface area contributed by atoms with Gasteiger partial charge < -0.3 is 11.5 Å². The van der Waals surface area contributed by atoms with Crippen LogP contribution in [0.4, 0.5) is 5.82 Å². The molecular formula is C15H20N4O. The van der Waals surface area contributed by atoms with E-state index in [2.05, 4.69) is 5.10 Å². The van der Waals surface area contributed by atoms with E-state index in [0.717, 1.165) is 11.1 Å². The van der Waals surface area contributed by atoms with Crippen molar-refractivity contribution in [3.63, 3.8) is 0 Å². The lowest BCUT2D eigenvalue weighted by Gasteiger charge is -2.20. The van der Waals surface area contributed by atoms with Crippen molar-refractivity contribution in [1.82, 2.24) is 9.78 Å². The van der Waals surface area contributed by atoms with Gasteiger partial charge in [0.15, 0.2) is 0 Å². The molecule has 1 amide bonds. The molecule has 0 spiro atoms. The van der Waals surface area contributed by atoms with Gasteiger partial charge in [-0.1, -0.05) is 23.8 Å². The number of primary amides is 1. The quantitative estimate of drug-likeness (QED) is 0.879. The molecule has 1 aromatic heterocycles. The van der Waals surface area contributed by atoms with Crippen LogP contribution in [0.5, 0.6) is 0 Å². The molecule has 106 valence electrons. The van der Waals surface area contributed by atoms with E-state index >= 15 is 0 Å². The highest BCUT2D eigenvalue weighted by Gasteiger charge is 2.26. The van der Waals surface area contributed by atoms with Crippen LogP contribution >= 0.6 is 0 Å². The number of carbonyl (C=O) groups excluding carboxylic acids is 1. The van der Waals surface area contributed by atoms with Gasteiger partial charge in [-0.25, -0.2) is 4.68 Å². The van der Waals surface area contributed by atoms with Crippen LogP contribution < -0.4 is 11.5 Å². The van der Waals surface area contributed by atoms with Crippen LogP contribution in [0, 0.1) is 6.92 Å². The minimum Gasteiger partial charge on any atom is -0.383 e. The molecule has 0 radical (unpaired) electrons. The van der Waals surface area contributed by atoms with Crippen LogP contribution in [0.15, 0.2) is 24.3 Å². The van der Waals surface area contributed by atoms with Gasteiger partial charge in [0.1, 0.15) is 17.1 Å². The van der Waals surface area contributed by atoms with Crippen LogP contribution in [0.2, 0.25) is 0 Å². The summed E-state index contributed by atoms with van der Waals surface area (Å²) in [6.45, 7) is 7.90. The number of anilines is 1. The molecule has 0 unspecified atom stereocenters.